The number of carbonyl (C=O) groups is 2. The highest BCUT2D eigenvalue weighted by Gasteiger charge is 2.59. The van der Waals surface area contributed by atoms with Crippen LogP contribution in [0.25, 0.3) is 0 Å². The van der Waals surface area contributed by atoms with Gasteiger partial charge in [-0.15, -0.1) is 0 Å². The monoisotopic (exact) mass is 280 g/mol. The summed E-state index contributed by atoms with van der Waals surface area (Å²) in [5.41, 5.74) is -3.26. The predicted molar refractivity (Wildman–Crippen MR) is 58.5 cm³/mol. The SMILES string of the molecule is CC(NC(=O)N1CC2CCC1C2)(C(=O)O)C(F)(F)F. The summed E-state index contributed by atoms with van der Waals surface area (Å²) in [5.74, 6) is -1.78. The van der Waals surface area contributed by atoms with E-state index >= 15 is 0 Å². The van der Waals surface area contributed by atoms with Gasteiger partial charge in [0.05, 0.1) is 0 Å². The van der Waals surface area contributed by atoms with Crippen molar-refractivity contribution in [1.29, 1.82) is 0 Å². The van der Waals surface area contributed by atoms with E-state index < -0.39 is 23.7 Å². The first-order chi connectivity index (χ1) is 8.65. The van der Waals surface area contributed by atoms with Gasteiger partial charge in [0.15, 0.2) is 0 Å². The van der Waals surface area contributed by atoms with Crippen molar-refractivity contribution < 1.29 is 27.9 Å². The van der Waals surface area contributed by atoms with E-state index in [1.807, 2.05) is 0 Å². The first-order valence-corrected chi connectivity index (χ1v) is 6.04. The number of aliphatic carboxylic acids is 1. The molecule has 1 heterocycles. The van der Waals surface area contributed by atoms with Gasteiger partial charge in [-0.3, -0.25) is 0 Å². The molecule has 0 radical (unpaired) electrons. The normalized spacial score (nSPS) is 29.2. The number of nitrogens with one attached hydrogen (secondary N) is 1. The van der Waals surface area contributed by atoms with E-state index in [9.17, 15) is 22.8 Å². The molecule has 1 aliphatic carbocycles. The number of carboxylic acids is 1. The average Bonchev–Trinajstić information content (AvgIpc) is 2.88. The molecule has 1 saturated carbocycles. The average molecular weight is 280 g/mol. The number of halogens is 3. The molecule has 3 unspecified atom stereocenters. The van der Waals surface area contributed by atoms with Crippen molar-refractivity contribution in [1.82, 2.24) is 10.2 Å². The van der Waals surface area contributed by atoms with Crippen LogP contribution in [-0.4, -0.2) is 46.3 Å². The van der Waals surface area contributed by atoms with Crippen LogP contribution in [0.15, 0.2) is 0 Å². The first-order valence-electron chi connectivity index (χ1n) is 6.04. The summed E-state index contributed by atoms with van der Waals surface area (Å²) in [6.45, 7) is 0.867. The lowest BCUT2D eigenvalue weighted by Crippen LogP contribution is -2.64. The van der Waals surface area contributed by atoms with Crippen LogP contribution in [0.3, 0.4) is 0 Å². The van der Waals surface area contributed by atoms with E-state index in [2.05, 4.69) is 0 Å². The Hall–Kier alpha value is -1.47. The largest absolute Gasteiger partial charge is 0.479 e. The molecule has 1 saturated heterocycles. The lowest BCUT2D eigenvalue weighted by atomic mass is 10.0. The van der Waals surface area contributed by atoms with Gasteiger partial charge in [-0.1, -0.05) is 0 Å². The van der Waals surface area contributed by atoms with Crippen LogP contribution in [0.2, 0.25) is 0 Å². The topological polar surface area (TPSA) is 69.6 Å². The van der Waals surface area contributed by atoms with E-state index in [1.54, 1.807) is 5.32 Å². The van der Waals surface area contributed by atoms with Crippen molar-refractivity contribution in [3.05, 3.63) is 0 Å². The number of urea groups is 1. The van der Waals surface area contributed by atoms with Crippen molar-refractivity contribution in [3.8, 4) is 0 Å². The molecule has 5 nitrogen and oxygen atoms in total. The number of carboxylic acid groups (broad SMARTS) is 1. The molecule has 2 rings (SSSR count). The predicted octanol–water partition coefficient (Wildman–Crippen LogP) is 1.59. The van der Waals surface area contributed by atoms with Crippen molar-refractivity contribution in [3.63, 3.8) is 0 Å². The lowest BCUT2D eigenvalue weighted by molar-refractivity contribution is -0.203. The third-order valence-corrected chi connectivity index (χ3v) is 4.02. The molecular formula is C11H15F3N2O3. The molecule has 0 spiro atoms. The van der Waals surface area contributed by atoms with Crippen LogP contribution in [0.5, 0.6) is 0 Å². The highest BCUT2D eigenvalue weighted by molar-refractivity contribution is 5.87. The summed E-state index contributed by atoms with van der Waals surface area (Å²) in [6.07, 6.45) is -2.51. The Kier molecular flexibility index (Phi) is 3.14. The number of hydrogen-bond acceptors (Lipinski definition) is 2. The van der Waals surface area contributed by atoms with E-state index in [0.717, 1.165) is 19.3 Å². The molecule has 8 heteroatoms. The summed E-state index contributed by atoms with van der Waals surface area (Å²) >= 11 is 0. The van der Waals surface area contributed by atoms with Gasteiger partial charge in [-0.25, -0.2) is 9.59 Å². The van der Waals surface area contributed by atoms with Crippen molar-refractivity contribution >= 4 is 12.0 Å². The van der Waals surface area contributed by atoms with Gasteiger partial charge >= 0.3 is 18.2 Å². The van der Waals surface area contributed by atoms with Gasteiger partial charge in [0.2, 0.25) is 5.54 Å². The minimum atomic E-state index is -5.05. The summed E-state index contributed by atoms with van der Waals surface area (Å²) in [5, 5.41) is 10.4. The number of fused-ring (bicyclic) bond motifs is 2. The maximum Gasteiger partial charge on any atom is 0.422 e. The number of amides is 2. The van der Waals surface area contributed by atoms with Crippen molar-refractivity contribution in [2.45, 2.75) is 43.9 Å². The van der Waals surface area contributed by atoms with Gasteiger partial charge < -0.3 is 15.3 Å². The van der Waals surface area contributed by atoms with Crippen LogP contribution in [0.1, 0.15) is 26.2 Å². The second kappa shape index (κ2) is 4.28. The van der Waals surface area contributed by atoms with E-state index in [4.69, 9.17) is 5.11 Å². The number of hydrogen-bond donors (Lipinski definition) is 2. The number of nitrogens with zero attached hydrogens (tertiary/aromatic N) is 1. The highest BCUT2D eigenvalue weighted by atomic mass is 19.4. The zero-order valence-electron chi connectivity index (χ0n) is 10.3. The molecule has 2 N–H and O–H groups in total. The highest BCUT2D eigenvalue weighted by Crippen LogP contribution is 2.38. The van der Waals surface area contributed by atoms with Gasteiger partial charge in [0.1, 0.15) is 0 Å². The molecule has 0 aromatic rings. The van der Waals surface area contributed by atoms with Crippen molar-refractivity contribution in [2.24, 2.45) is 5.92 Å². The van der Waals surface area contributed by atoms with E-state index in [-0.39, 0.29) is 6.04 Å². The maximum atomic E-state index is 12.8. The Balaban J connectivity index is 2.10. The third-order valence-electron chi connectivity index (χ3n) is 4.02. The Morgan fingerprint density at radius 3 is 2.32 bits per heavy atom. The molecule has 2 amide bonds. The second-order valence-electron chi connectivity index (χ2n) is 5.34. The number of likely N-dealkylation sites (tertiary alicyclic amines) is 1. The van der Waals surface area contributed by atoms with Crippen LogP contribution in [-0.2, 0) is 4.79 Å². The fourth-order valence-corrected chi connectivity index (χ4v) is 2.70. The first kappa shape index (κ1) is 14.0. The molecule has 2 fully saturated rings. The van der Waals surface area contributed by atoms with Crippen LogP contribution in [0, 0.1) is 5.92 Å². The maximum absolute atomic E-state index is 12.8. The van der Waals surface area contributed by atoms with Crippen LogP contribution < -0.4 is 5.32 Å². The van der Waals surface area contributed by atoms with E-state index in [0.29, 0.717) is 19.4 Å². The molecule has 2 aliphatic rings. The molecule has 1 aliphatic heterocycles. The Morgan fingerprint density at radius 1 is 1.32 bits per heavy atom. The summed E-state index contributed by atoms with van der Waals surface area (Å²) < 4.78 is 38.3. The molecular weight excluding hydrogens is 265 g/mol. The van der Waals surface area contributed by atoms with Gasteiger partial charge in [0, 0.05) is 12.6 Å². The second-order valence-corrected chi connectivity index (χ2v) is 5.34. The Labute approximate surface area is 107 Å². The molecule has 2 bridgehead atoms. The summed E-state index contributed by atoms with van der Waals surface area (Å²) in [7, 11) is 0. The molecule has 3 atom stereocenters. The van der Waals surface area contributed by atoms with Crippen LogP contribution >= 0.6 is 0 Å². The lowest BCUT2D eigenvalue weighted by Gasteiger charge is -2.33. The Bertz CT molecular complexity index is 412. The summed E-state index contributed by atoms with van der Waals surface area (Å²) in [4.78, 5) is 24.0. The fourth-order valence-electron chi connectivity index (χ4n) is 2.70. The standard InChI is InChI=1S/C11H15F3N2O3/c1-10(8(17)18,11(12,13)14)15-9(19)16-5-6-2-3-7(16)4-6/h6-7H,2-5H2,1H3,(H,15,19)(H,17,18). The van der Waals surface area contributed by atoms with E-state index in [1.165, 1.54) is 4.90 Å². The zero-order valence-corrected chi connectivity index (χ0v) is 10.3. The minimum Gasteiger partial charge on any atom is -0.479 e. The molecule has 0 aromatic heterocycles. The smallest absolute Gasteiger partial charge is 0.422 e. The minimum absolute atomic E-state index is 0.0590. The van der Waals surface area contributed by atoms with Gasteiger partial charge in [-0.2, -0.15) is 13.2 Å². The third kappa shape index (κ3) is 2.23. The quantitative estimate of drug-likeness (QED) is 0.807. The van der Waals surface area contributed by atoms with Crippen molar-refractivity contribution in [2.75, 3.05) is 6.54 Å². The number of piperidine rings is 1. The Morgan fingerprint density at radius 2 is 1.95 bits per heavy atom. The van der Waals surface area contributed by atoms with Gasteiger partial charge in [0.25, 0.3) is 0 Å². The molecule has 0 aromatic carbocycles. The van der Waals surface area contributed by atoms with Crippen LogP contribution in [0.4, 0.5) is 18.0 Å². The fraction of sp³-hybridized carbons (Fsp3) is 0.818. The zero-order chi connectivity index (χ0) is 14.4. The molecule has 19 heavy (non-hydrogen) atoms. The number of rotatable bonds is 2. The summed E-state index contributed by atoms with van der Waals surface area (Å²) in [6, 6.07) is -1.01. The van der Waals surface area contributed by atoms with Gasteiger partial charge in [-0.05, 0) is 32.1 Å². The number of carbonyl (C=O) groups excluding carboxylic acids is 1. The molecule has 108 valence electrons. The number of alkyl halides is 3.